The Kier molecular flexibility index (Phi) is 4.95. The molecule has 6 nitrogen and oxygen atoms in total. The molecule has 0 unspecified atom stereocenters. The number of aromatic nitrogens is 1. The smallest absolute Gasteiger partial charge is 0.278 e. The molecular weight excluding hydrogens is 244 g/mol. The van der Waals surface area contributed by atoms with Gasteiger partial charge in [0.25, 0.3) is 5.69 Å². The van der Waals surface area contributed by atoms with Crippen molar-refractivity contribution in [3.8, 4) is 6.07 Å². The maximum atomic E-state index is 11.1. The van der Waals surface area contributed by atoms with Gasteiger partial charge < -0.3 is 0 Å². The topological polar surface area (TPSA) is 83.1 Å². The van der Waals surface area contributed by atoms with Crippen LogP contribution in [0.25, 0.3) is 0 Å². The predicted octanol–water partition coefficient (Wildman–Crippen LogP) is 2.34. The van der Waals surface area contributed by atoms with E-state index in [-0.39, 0.29) is 23.2 Å². The fourth-order valence-electron chi connectivity index (χ4n) is 1.91. The van der Waals surface area contributed by atoms with E-state index in [0.29, 0.717) is 23.4 Å². The second-order valence-corrected chi connectivity index (χ2v) is 4.78. The van der Waals surface area contributed by atoms with Gasteiger partial charge in [-0.2, -0.15) is 5.26 Å². The third-order valence-corrected chi connectivity index (χ3v) is 3.12. The lowest BCUT2D eigenvalue weighted by atomic mass is 10.1. The molecule has 0 spiro atoms. The van der Waals surface area contributed by atoms with E-state index in [0.717, 1.165) is 0 Å². The molecule has 19 heavy (non-hydrogen) atoms. The number of nitrogens with zero attached hydrogens (tertiary/aromatic N) is 4. The fraction of sp³-hybridized carbons (Fsp3) is 0.538. The van der Waals surface area contributed by atoms with Gasteiger partial charge in [0, 0.05) is 29.9 Å². The first-order valence-corrected chi connectivity index (χ1v) is 6.09. The van der Waals surface area contributed by atoms with Gasteiger partial charge in [0.1, 0.15) is 0 Å². The molecule has 0 amide bonds. The molecule has 0 fully saturated rings. The van der Waals surface area contributed by atoms with Gasteiger partial charge in [-0.15, -0.1) is 0 Å². The molecule has 0 aliphatic rings. The zero-order valence-corrected chi connectivity index (χ0v) is 11.7. The largest absolute Gasteiger partial charge is 0.282 e. The van der Waals surface area contributed by atoms with E-state index < -0.39 is 0 Å². The van der Waals surface area contributed by atoms with Crippen LogP contribution in [0, 0.1) is 35.3 Å². The van der Waals surface area contributed by atoms with Gasteiger partial charge >= 0.3 is 0 Å². The second-order valence-electron chi connectivity index (χ2n) is 4.78. The number of aryl methyl sites for hydroxylation is 1. The minimum absolute atomic E-state index is 0.116. The van der Waals surface area contributed by atoms with Crippen LogP contribution in [0.2, 0.25) is 0 Å². The summed E-state index contributed by atoms with van der Waals surface area (Å²) in [5, 5.41) is 19.9. The van der Waals surface area contributed by atoms with Crippen molar-refractivity contribution < 1.29 is 4.92 Å². The standard InChI is InChI=1S/C13H18N4O2/c1-9(2)16(6-5-14)8-12-11(4)13(17(18)19)10(3)7-15-12/h7,9H,6,8H2,1-4H3. The van der Waals surface area contributed by atoms with Crippen LogP contribution in [0.5, 0.6) is 0 Å². The van der Waals surface area contributed by atoms with Crippen molar-refractivity contribution in [2.45, 2.75) is 40.3 Å². The van der Waals surface area contributed by atoms with Crippen molar-refractivity contribution in [1.82, 2.24) is 9.88 Å². The predicted molar refractivity (Wildman–Crippen MR) is 71.5 cm³/mol. The zero-order valence-electron chi connectivity index (χ0n) is 11.7. The van der Waals surface area contributed by atoms with Crippen molar-refractivity contribution in [3.05, 3.63) is 33.1 Å². The number of hydrogen-bond acceptors (Lipinski definition) is 5. The summed E-state index contributed by atoms with van der Waals surface area (Å²) in [4.78, 5) is 16.9. The molecule has 1 aromatic rings. The molecule has 0 aromatic carbocycles. The Bertz CT molecular complexity index is 520. The van der Waals surface area contributed by atoms with Crippen LogP contribution in [0.1, 0.15) is 30.7 Å². The minimum Gasteiger partial charge on any atom is -0.282 e. The molecule has 1 heterocycles. The molecule has 0 aliphatic heterocycles. The molecule has 0 aliphatic carbocycles. The summed E-state index contributed by atoms with van der Waals surface area (Å²) in [7, 11) is 0. The van der Waals surface area contributed by atoms with E-state index in [1.807, 2.05) is 18.7 Å². The number of nitro groups is 1. The Balaban J connectivity index is 3.12. The molecular formula is C13H18N4O2. The van der Waals surface area contributed by atoms with E-state index >= 15 is 0 Å². The zero-order chi connectivity index (χ0) is 14.6. The number of pyridine rings is 1. The Hall–Kier alpha value is -2.00. The second kappa shape index (κ2) is 6.25. The van der Waals surface area contributed by atoms with E-state index in [1.165, 1.54) is 6.20 Å². The first kappa shape index (κ1) is 15.1. The molecule has 0 atom stereocenters. The summed E-state index contributed by atoms with van der Waals surface area (Å²) in [5.41, 5.74) is 1.91. The third kappa shape index (κ3) is 3.48. The maximum absolute atomic E-state index is 11.1. The van der Waals surface area contributed by atoms with Crippen LogP contribution in [-0.2, 0) is 6.54 Å². The van der Waals surface area contributed by atoms with Crippen LogP contribution in [0.3, 0.4) is 0 Å². The Labute approximate surface area is 112 Å². The highest BCUT2D eigenvalue weighted by atomic mass is 16.6. The maximum Gasteiger partial charge on any atom is 0.278 e. The molecule has 0 radical (unpaired) electrons. The summed E-state index contributed by atoms with van der Waals surface area (Å²) < 4.78 is 0. The highest BCUT2D eigenvalue weighted by molar-refractivity contribution is 5.47. The van der Waals surface area contributed by atoms with Crippen molar-refractivity contribution in [1.29, 1.82) is 5.26 Å². The van der Waals surface area contributed by atoms with E-state index in [4.69, 9.17) is 5.26 Å². The van der Waals surface area contributed by atoms with Gasteiger partial charge in [-0.1, -0.05) is 0 Å². The third-order valence-electron chi connectivity index (χ3n) is 3.12. The monoisotopic (exact) mass is 262 g/mol. The minimum atomic E-state index is -0.375. The molecule has 1 rings (SSSR count). The highest BCUT2D eigenvalue weighted by Gasteiger charge is 2.20. The Morgan fingerprint density at radius 1 is 1.53 bits per heavy atom. The lowest BCUT2D eigenvalue weighted by Crippen LogP contribution is -2.31. The first-order chi connectivity index (χ1) is 8.88. The van der Waals surface area contributed by atoms with E-state index in [9.17, 15) is 10.1 Å². The summed E-state index contributed by atoms with van der Waals surface area (Å²) in [6.45, 7) is 8.07. The molecule has 0 saturated carbocycles. The lowest BCUT2D eigenvalue weighted by Gasteiger charge is -2.23. The van der Waals surface area contributed by atoms with E-state index in [1.54, 1.807) is 13.8 Å². The molecule has 1 aromatic heterocycles. The lowest BCUT2D eigenvalue weighted by molar-refractivity contribution is -0.386. The number of hydrogen-bond donors (Lipinski definition) is 0. The molecule has 0 saturated heterocycles. The Morgan fingerprint density at radius 3 is 2.63 bits per heavy atom. The van der Waals surface area contributed by atoms with Crippen LogP contribution < -0.4 is 0 Å². The van der Waals surface area contributed by atoms with Crippen LogP contribution in [-0.4, -0.2) is 27.4 Å². The van der Waals surface area contributed by atoms with Gasteiger partial charge in [-0.25, -0.2) is 0 Å². The molecule has 6 heteroatoms. The van der Waals surface area contributed by atoms with E-state index in [2.05, 4.69) is 11.1 Å². The van der Waals surface area contributed by atoms with Crippen LogP contribution >= 0.6 is 0 Å². The summed E-state index contributed by atoms with van der Waals surface area (Å²) in [6, 6.07) is 2.28. The van der Waals surface area contributed by atoms with Gasteiger partial charge in [-0.3, -0.25) is 20.0 Å². The number of nitriles is 1. The van der Waals surface area contributed by atoms with Crippen molar-refractivity contribution >= 4 is 5.69 Å². The van der Waals surface area contributed by atoms with Gasteiger partial charge in [0.2, 0.25) is 0 Å². The summed E-state index contributed by atoms with van der Waals surface area (Å²) in [5.74, 6) is 0. The average molecular weight is 262 g/mol. The normalized spacial score (nSPS) is 10.8. The number of rotatable bonds is 5. The van der Waals surface area contributed by atoms with Gasteiger partial charge in [0.15, 0.2) is 0 Å². The van der Waals surface area contributed by atoms with Crippen LogP contribution in [0.15, 0.2) is 6.20 Å². The Morgan fingerprint density at radius 2 is 2.16 bits per heavy atom. The van der Waals surface area contributed by atoms with Crippen molar-refractivity contribution in [2.75, 3.05) is 6.54 Å². The molecule has 0 bridgehead atoms. The first-order valence-electron chi connectivity index (χ1n) is 6.09. The SMILES string of the molecule is Cc1cnc(CN(CC#N)C(C)C)c(C)c1[N+](=O)[O-]. The van der Waals surface area contributed by atoms with Gasteiger partial charge in [-0.05, 0) is 27.7 Å². The molecule has 0 N–H and O–H groups in total. The highest BCUT2D eigenvalue weighted by Crippen LogP contribution is 2.25. The molecule has 102 valence electrons. The van der Waals surface area contributed by atoms with Crippen molar-refractivity contribution in [3.63, 3.8) is 0 Å². The summed E-state index contributed by atoms with van der Waals surface area (Å²) in [6.07, 6.45) is 1.52. The van der Waals surface area contributed by atoms with Gasteiger partial charge in [0.05, 0.1) is 23.2 Å². The van der Waals surface area contributed by atoms with Crippen molar-refractivity contribution in [2.24, 2.45) is 0 Å². The quantitative estimate of drug-likeness (QED) is 0.462. The fourth-order valence-corrected chi connectivity index (χ4v) is 1.91. The summed E-state index contributed by atoms with van der Waals surface area (Å²) >= 11 is 0. The van der Waals surface area contributed by atoms with Crippen LogP contribution in [0.4, 0.5) is 5.69 Å². The average Bonchev–Trinajstić information content (AvgIpc) is 2.31.